The molecule has 0 saturated heterocycles. The maximum atomic E-state index is 11.4. The van der Waals surface area contributed by atoms with Crippen LogP contribution < -0.4 is 0 Å². The fourth-order valence-corrected chi connectivity index (χ4v) is 1.68. The average Bonchev–Trinajstić information content (AvgIpc) is 2.60. The maximum Gasteiger partial charge on any atom is 0.358 e. The Balaban J connectivity index is 2.19. The summed E-state index contributed by atoms with van der Waals surface area (Å²) in [4.78, 5) is 17.9. The van der Waals surface area contributed by atoms with E-state index in [1.54, 1.807) is 13.1 Å². The third-order valence-corrected chi connectivity index (χ3v) is 2.48. The van der Waals surface area contributed by atoms with E-state index in [-0.39, 0.29) is 5.97 Å². The Morgan fingerprint density at radius 2 is 2.40 bits per heavy atom. The van der Waals surface area contributed by atoms with Gasteiger partial charge in [-0.3, -0.25) is 4.90 Å². The second-order valence-corrected chi connectivity index (χ2v) is 3.69. The molecule has 5 nitrogen and oxygen atoms in total. The van der Waals surface area contributed by atoms with Crippen molar-refractivity contribution in [3.05, 3.63) is 17.7 Å². The molecule has 1 aromatic rings. The number of imidazole rings is 1. The van der Waals surface area contributed by atoms with Crippen LogP contribution in [0.25, 0.3) is 0 Å². The second kappa shape index (κ2) is 4.02. The Hall–Kier alpha value is -1.36. The second-order valence-electron chi connectivity index (χ2n) is 3.69. The first kappa shape index (κ1) is 10.2. The highest BCUT2D eigenvalue weighted by Crippen LogP contribution is 2.11. The van der Waals surface area contributed by atoms with E-state index in [1.165, 1.54) is 0 Å². The molecule has 0 unspecified atom stereocenters. The number of hydrogen-bond donors (Lipinski definition) is 0. The molecule has 0 spiro atoms. The molecular formula is C10H15N3O2. The van der Waals surface area contributed by atoms with Crippen LogP contribution in [0.4, 0.5) is 0 Å². The lowest BCUT2D eigenvalue weighted by Gasteiger charge is -2.22. The van der Waals surface area contributed by atoms with Crippen LogP contribution in [0.2, 0.25) is 0 Å². The van der Waals surface area contributed by atoms with Crippen LogP contribution in [0, 0.1) is 0 Å². The Morgan fingerprint density at radius 3 is 3.13 bits per heavy atom. The summed E-state index contributed by atoms with van der Waals surface area (Å²) in [6.07, 6.45) is 1.78. The molecule has 0 N–H and O–H groups in total. The highest BCUT2D eigenvalue weighted by atomic mass is 16.5. The van der Waals surface area contributed by atoms with Crippen molar-refractivity contribution in [3.63, 3.8) is 0 Å². The molecule has 1 aromatic heterocycles. The topological polar surface area (TPSA) is 47.4 Å². The van der Waals surface area contributed by atoms with Gasteiger partial charge in [0.05, 0.1) is 13.2 Å². The molecule has 0 amide bonds. The summed E-state index contributed by atoms with van der Waals surface area (Å²) in [5.74, 6) is 0.605. The molecule has 0 fully saturated rings. The lowest BCUT2D eigenvalue weighted by molar-refractivity contribution is 0.0520. The van der Waals surface area contributed by atoms with Crippen molar-refractivity contribution in [2.45, 2.75) is 20.0 Å². The summed E-state index contributed by atoms with van der Waals surface area (Å²) >= 11 is 0. The van der Waals surface area contributed by atoms with Gasteiger partial charge in [0.15, 0.2) is 5.69 Å². The highest BCUT2D eigenvalue weighted by Gasteiger charge is 2.19. The Kier molecular flexibility index (Phi) is 2.73. The van der Waals surface area contributed by atoms with Crippen molar-refractivity contribution in [1.29, 1.82) is 0 Å². The number of esters is 1. The van der Waals surface area contributed by atoms with Crippen LogP contribution in [0.15, 0.2) is 6.20 Å². The molecule has 0 aromatic carbocycles. The standard InChI is InChI=1S/C10H15N3O2/c1-3-15-10(14)8-6-13-5-4-12(2)7-9(13)11-8/h6H,3-5,7H2,1-2H3. The van der Waals surface area contributed by atoms with E-state index < -0.39 is 0 Å². The molecule has 82 valence electrons. The van der Waals surface area contributed by atoms with Crippen molar-refractivity contribution in [2.24, 2.45) is 0 Å². The third kappa shape index (κ3) is 2.02. The Labute approximate surface area is 88.7 Å². The van der Waals surface area contributed by atoms with E-state index in [1.807, 2.05) is 11.6 Å². The van der Waals surface area contributed by atoms with Crippen LogP contribution in [-0.4, -0.2) is 40.6 Å². The number of likely N-dealkylation sites (N-methyl/N-ethyl adjacent to an activating group) is 1. The molecule has 0 bridgehead atoms. The van der Waals surface area contributed by atoms with Crippen molar-refractivity contribution in [3.8, 4) is 0 Å². The minimum Gasteiger partial charge on any atom is -0.461 e. The molecule has 0 atom stereocenters. The zero-order chi connectivity index (χ0) is 10.8. The molecule has 1 aliphatic heterocycles. The average molecular weight is 209 g/mol. The van der Waals surface area contributed by atoms with E-state index in [9.17, 15) is 4.79 Å². The molecule has 0 aliphatic carbocycles. The number of nitrogens with zero attached hydrogens (tertiary/aromatic N) is 3. The summed E-state index contributed by atoms with van der Waals surface area (Å²) in [5, 5.41) is 0. The molecule has 0 saturated carbocycles. The van der Waals surface area contributed by atoms with Gasteiger partial charge in [0.25, 0.3) is 0 Å². The molecular weight excluding hydrogens is 194 g/mol. The summed E-state index contributed by atoms with van der Waals surface area (Å²) in [6.45, 7) is 4.85. The summed E-state index contributed by atoms with van der Waals surface area (Å²) < 4.78 is 6.92. The van der Waals surface area contributed by atoms with Crippen LogP contribution in [0.3, 0.4) is 0 Å². The van der Waals surface area contributed by atoms with Gasteiger partial charge in [0, 0.05) is 19.3 Å². The van der Waals surface area contributed by atoms with Crippen LogP contribution in [-0.2, 0) is 17.8 Å². The van der Waals surface area contributed by atoms with Crippen LogP contribution in [0.5, 0.6) is 0 Å². The lowest BCUT2D eigenvalue weighted by atomic mass is 10.4. The van der Waals surface area contributed by atoms with Crippen molar-refractivity contribution >= 4 is 5.97 Å². The van der Waals surface area contributed by atoms with Gasteiger partial charge in [-0.25, -0.2) is 9.78 Å². The van der Waals surface area contributed by atoms with E-state index in [0.717, 1.165) is 25.5 Å². The first-order chi connectivity index (χ1) is 7.20. The molecule has 1 aliphatic rings. The molecule has 0 radical (unpaired) electrons. The Morgan fingerprint density at radius 1 is 1.60 bits per heavy atom. The van der Waals surface area contributed by atoms with Crippen molar-refractivity contribution in [1.82, 2.24) is 14.5 Å². The smallest absolute Gasteiger partial charge is 0.358 e. The summed E-state index contributed by atoms with van der Waals surface area (Å²) in [6, 6.07) is 0. The number of carbonyl (C=O) groups is 1. The third-order valence-electron chi connectivity index (χ3n) is 2.48. The summed E-state index contributed by atoms with van der Waals surface area (Å²) in [7, 11) is 2.04. The van der Waals surface area contributed by atoms with Crippen molar-refractivity contribution in [2.75, 3.05) is 20.2 Å². The first-order valence-corrected chi connectivity index (χ1v) is 5.12. The Bertz CT molecular complexity index is 373. The van der Waals surface area contributed by atoms with E-state index in [4.69, 9.17) is 4.74 Å². The largest absolute Gasteiger partial charge is 0.461 e. The van der Waals surface area contributed by atoms with Gasteiger partial charge in [-0.1, -0.05) is 0 Å². The number of fused-ring (bicyclic) bond motifs is 1. The van der Waals surface area contributed by atoms with E-state index in [0.29, 0.717) is 12.3 Å². The predicted molar refractivity (Wildman–Crippen MR) is 54.5 cm³/mol. The van der Waals surface area contributed by atoms with Gasteiger partial charge < -0.3 is 9.30 Å². The van der Waals surface area contributed by atoms with Gasteiger partial charge in [-0.2, -0.15) is 0 Å². The fourth-order valence-electron chi connectivity index (χ4n) is 1.68. The molecule has 5 heteroatoms. The van der Waals surface area contributed by atoms with Gasteiger partial charge in [-0.05, 0) is 14.0 Å². The zero-order valence-electron chi connectivity index (χ0n) is 9.06. The minimum atomic E-state index is -0.331. The molecule has 2 rings (SSSR count). The van der Waals surface area contributed by atoms with E-state index >= 15 is 0 Å². The number of carbonyl (C=O) groups excluding carboxylic acids is 1. The number of hydrogen-bond acceptors (Lipinski definition) is 4. The normalized spacial score (nSPS) is 16.1. The quantitative estimate of drug-likeness (QED) is 0.666. The van der Waals surface area contributed by atoms with Crippen molar-refractivity contribution < 1.29 is 9.53 Å². The number of rotatable bonds is 2. The summed E-state index contributed by atoms with van der Waals surface area (Å²) in [5.41, 5.74) is 0.419. The first-order valence-electron chi connectivity index (χ1n) is 5.12. The fraction of sp³-hybridized carbons (Fsp3) is 0.600. The number of aromatic nitrogens is 2. The van der Waals surface area contributed by atoms with Crippen LogP contribution in [0.1, 0.15) is 23.2 Å². The number of ether oxygens (including phenoxy) is 1. The minimum absolute atomic E-state index is 0.331. The lowest BCUT2D eigenvalue weighted by Crippen LogP contribution is -2.30. The van der Waals surface area contributed by atoms with E-state index in [2.05, 4.69) is 9.88 Å². The zero-order valence-corrected chi connectivity index (χ0v) is 9.06. The van der Waals surface area contributed by atoms with Gasteiger partial charge >= 0.3 is 5.97 Å². The highest BCUT2D eigenvalue weighted by molar-refractivity contribution is 5.87. The maximum absolute atomic E-state index is 11.4. The molecule has 2 heterocycles. The van der Waals surface area contributed by atoms with Gasteiger partial charge in [0.1, 0.15) is 5.82 Å². The SMILES string of the molecule is CCOC(=O)c1cn2c(n1)CN(C)CC2. The monoisotopic (exact) mass is 209 g/mol. The van der Waals surface area contributed by atoms with Gasteiger partial charge in [-0.15, -0.1) is 0 Å². The van der Waals surface area contributed by atoms with Gasteiger partial charge in [0.2, 0.25) is 0 Å². The molecule has 15 heavy (non-hydrogen) atoms. The predicted octanol–water partition coefficient (Wildman–Crippen LogP) is 0.505. The van der Waals surface area contributed by atoms with Crippen LogP contribution >= 0.6 is 0 Å².